The normalized spacial score (nSPS) is 17.4. The number of aliphatic carboxylic acids is 1. The van der Waals surface area contributed by atoms with Crippen LogP contribution in [-0.2, 0) is 9.59 Å². The fraction of sp³-hybridized carbons (Fsp3) is 0.250. The Kier molecular flexibility index (Phi) is 6.59. The Labute approximate surface area is 153 Å². The summed E-state index contributed by atoms with van der Waals surface area (Å²) in [4.78, 5) is 36.3. The summed E-state index contributed by atoms with van der Waals surface area (Å²) in [5.74, 6) is -0.824. The molecule has 0 spiro atoms. The molecule has 1 N–H and O–H groups in total. The molecule has 1 saturated heterocycles. The van der Waals surface area contributed by atoms with E-state index in [4.69, 9.17) is 12.2 Å². The number of carboxylic acids is 1. The molecule has 24 heavy (non-hydrogen) atoms. The smallest absolute Gasteiger partial charge is 0.326 e. The highest BCUT2D eigenvalue weighted by atomic mass is 32.2. The molecule has 0 aromatic heterocycles. The maximum Gasteiger partial charge on any atom is 0.326 e. The zero-order valence-corrected chi connectivity index (χ0v) is 15.2. The number of thioether (sulfide) groups is 2. The summed E-state index contributed by atoms with van der Waals surface area (Å²) in [6.45, 7) is 0. The van der Waals surface area contributed by atoms with Gasteiger partial charge in [-0.2, -0.15) is 11.8 Å². The van der Waals surface area contributed by atoms with Crippen molar-refractivity contribution in [1.29, 1.82) is 0 Å². The minimum Gasteiger partial charge on any atom is -0.480 e. The van der Waals surface area contributed by atoms with Gasteiger partial charge in [0, 0.05) is 5.56 Å². The van der Waals surface area contributed by atoms with Crippen LogP contribution in [0, 0.1) is 0 Å². The number of thiocarbonyl (C=S) groups is 1. The molecule has 1 aromatic carbocycles. The number of benzene rings is 1. The lowest BCUT2D eigenvalue weighted by atomic mass is 10.1. The molecule has 1 heterocycles. The summed E-state index contributed by atoms with van der Waals surface area (Å²) in [7, 11) is 0. The van der Waals surface area contributed by atoms with Crippen molar-refractivity contribution < 1.29 is 19.5 Å². The van der Waals surface area contributed by atoms with E-state index in [1.807, 2.05) is 6.26 Å². The predicted molar refractivity (Wildman–Crippen MR) is 101 cm³/mol. The summed E-state index contributed by atoms with van der Waals surface area (Å²) in [6, 6.07) is 5.79. The summed E-state index contributed by atoms with van der Waals surface area (Å²) in [6.07, 6.45) is 4.62. The molecule has 0 saturated carbocycles. The Morgan fingerprint density at radius 2 is 2.00 bits per heavy atom. The van der Waals surface area contributed by atoms with E-state index < -0.39 is 17.9 Å². The van der Waals surface area contributed by atoms with Crippen LogP contribution in [0.25, 0.3) is 6.08 Å². The predicted octanol–water partition coefficient (Wildman–Crippen LogP) is 2.91. The first-order valence-corrected chi connectivity index (χ1v) is 9.64. The number of carboxylic acid groups (broad SMARTS) is 1. The van der Waals surface area contributed by atoms with Crippen LogP contribution in [0.2, 0.25) is 0 Å². The van der Waals surface area contributed by atoms with E-state index in [9.17, 15) is 19.5 Å². The summed E-state index contributed by atoms with van der Waals surface area (Å²) in [5, 5.41) is 9.40. The number of amides is 1. The van der Waals surface area contributed by atoms with Crippen LogP contribution in [0.15, 0.2) is 29.2 Å². The van der Waals surface area contributed by atoms with Crippen molar-refractivity contribution in [2.24, 2.45) is 0 Å². The molecular formula is C16H15NO4S3. The number of carbonyl (C=O) groups is 3. The van der Waals surface area contributed by atoms with Crippen molar-refractivity contribution in [3.05, 3.63) is 40.3 Å². The highest BCUT2D eigenvalue weighted by Gasteiger charge is 2.40. The second-order valence-corrected chi connectivity index (χ2v) is 7.63. The van der Waals surface area contributed by atoms with Gasteiger partial charge in [-0.05, 0) is 30.1 Å². The molecule has 1 amide bonds. The Balaban J connectivity index is 2.24. The van der Waals surface area contributed by atoms with Crippen LogP contribution in [0.4, 0.5) is 0 Å². The quantitative estimate of drug-likeness (QED) is 0.442. The number of carbonyl (C=O) groups excluding carboxylic acids is 2. The first-order valence-electron chi connectivity index (χ1n) is 7.02. The van der Waals surface area contributed by atoms with E-state index in [-0.39, 0.29) is 4.32 Å². The molecule has 1 aromatic rings. The maximum absolute atomic E-state index is 12.6. The molecule has 126 valence electrons. The number of nitrogens with zero attached hydrogens (tertiary/aromatic N) is 1. The Bertz CT molecular complexity index is 700. The van der Waals surface area contributed by atoms with Crippen LogP contribution in [0.5, 0.6) is 0 Å². The van der Waals surface area contributed by atoms with E-state index in [1.54, 1.807) is 30.3 Å². The van der Waals surface area contributed by atoms with Gasteiger partial charge in [0.25, 0.3) is 5.91 Å². The zero-order chi connectivity index (χ0) is 17.7. The second-order valence-electron chi connectivity index (χ2n) is 4.97. The van der Waals surface area contributed by atoms with Gasteiger partial charge >= 0.3 is 5.97 Å². The molecule has 0 radical (unpaired) electrons. The van der Waals surface area contributed by atoms with E-state index in [0.29, 0.717) is 22.6 Å². The fourth-order valence-electron chi connectivity index (χ4n) is 2.16. The Morgan fingerprint density at radius 3 is 2.54 bits per heavy atom. The van der Waals surface area contributed by atoms with E-state index in [1.165, 1.54) is 16.7 Å². The molecule has 1 aliphatic heterocycles. The summed E-state index contributed by atoms with van der Waals surface area (Å²) in [5.41, 5.74) is 1.29. The lowest BCUT2D eigenvalue weighted by Gasteiger charge is -2.22. The lowest BCUT2D eigenvalue weighted by molar-refractivity contribution is -0.145. The van der Waals surface area contributed by atoms with Crippen LogP contribution in [-0.4, -0.2) is 50.5 Å². The number of hydrogen-bond donors (Lipinski definition) is 1. The van der Waals surface area contributed by atoms with Gasteiger partial charge in [-0.15, -0.1) is 0 Å². The van der Waals surface area contributed by atoms with Crippen LogP contribution < -0.4 is 0 Å². The SMILES string of the molecule is CSCC[C@@H](C(=O)O)N1C(=O)/C(=C/c2ccc(C=O)cc2)SC1=S. The maximum atomic E-state index is 12.6. The number of rotatable bonds is 7. The monoisotopic (exact) mass is 381 g/mol. The molecule has 0 unspecified atom stereocenters. The third-order valence-electron chi connectivity index (χ3n) is 3.39. The minimum absolute atomic E-state index is 0.254. The average molecular weight is 382 g/mol. The summed E-state index contributed by atoms with van der Waals surface area (Å²) >= 11 is 7.82. The molecule has 8 heteroatoms. The van der Waals surface area contributed by atoms with Crippen molar-refractivity contribution in [2.45, 2.75) is 12.5 Å². The molecule has 2 rings (SSSR count). The fourth-order valence-corrected chi connectivity index (χ4v) is 3.98. The molecular weight excluding hydrogens is 366 g/mol. The Hall–Kier alpha value is -1.64. The van der Waals surface area contributed by atoms with Crippen LogP contribution >= 0.6 is 35.7 Å². The van der Waals surface area contributed by atoms with E-state index in [0.717, 1.165) is 23.6 Å². The van der Waals surface area contributed by atoms with Gasteiger partial charge in [0.15, 0.2) is 0 Å². The van der Waals surface area contributed by atoms with Crippen molar-refractivity contribution in [1.82, 2.24) is 4.90 Å². The first-order chi connectivity index (χ1) is 11.5. The van der Waals surface area contributed by atoms with Crippen molar-refractivity contribution >= 4 is 64.3 Å². The molecule has 1 fully saturated rings. The molecule has 0 aliphatic carbocycles. The third-order valence-corrected chi connectivity index (χ3v) is 5.36. The number of hydrogen-bond acceptors (Lipinski definition) is 6. The van der Waals surface area contributed by atoms with Gasteiger partial charge < -0.3 is 5.11 Å². The molecule has 1 atom stereocenters. The lowest BCUT2D eigenvalue weighted by Crippen LogP contribution is -2.44. The highest BCUT2D eigenvalue weighted by Crippen LogP contribution is 2.34. The topological polar surface area (TPSA) is 74.7 Å². The highest BCUT2D eigenvalue weighted by molar-refractivity contribution is 8.26. The van der Waals surface area contributed by atoms with Gasteiger partial charge in [-0.25, -0.2) is 4.79 Å². The average Bonchev–Trinajstić information content (AvgIpc) is 2.83. The van der Waals surface area contributed by atoms with Crippen molar-refractivity contribution in [3.8, 4) is 0 Å². The van der Waals surface area contributed by atoms with E-state index in [2.05, 4.69) is 0 Å². The van der Waals surface area contributed by atoms with Gasteiger partial charge in [0.05, 0.1) is 4.91 Å². The second kappa shape index (κ2) is 8.46. The van der Waals surface area contributed by atoms with Gasteiger partial charge in [0.1, 0.15) is 16.6 Å². The van der Waals surface area contributed by atoms with Gasteiger partial charge in [0.2, 0.25) is 0 Å². The van der Waals surface area contributed by atoms with Crippen molar-refractivity contribution in [3.63, 3.8) is 0 Å². The van der Waals surface area contributed by atoms with E-state index >= 15 is 0 Å². The number of aldehydes is 1. The van der Waals surface area contributed by atoms with Gasteiger partial charge in [-0.1, -0.05) is 48.2 Å². The molecule has 0 bridgehead atoms. The zero-order valence-electron chi connectivity index (χ0n) is 12.8. The van der Waals surface area contributed by atoms with Gasteiger partial charge in [-0.3, -0.25) is 14.5 Å². The molecule has 5 nitrogen and oxygen atoms in total. The Morgan fingerprint density at radius 1 is 1.38 bits per heavy atom. The summed E-state index contributed by atoms with van der Waals surface area (Å²) < 4.78 is 0.254. The molecule has 1 aliphatic rings. The third kappa shape index (κ3) is 4.25. The van der Waals surface area contributed by atoms with Crippen molar-refractivity contribution in [2.75, 3.05) is 12.0 Å². The van der Waals surface area contributed by atoms with Crippen LogP contribution in [0.3, 0.4) is 0 Å². The largest absolute Gasteiger partial charge is 0.480 e. The minimum atomic E-state index is -1.06. The first kappa shape index (κ1) is 18.7. The van der Waals surface area contributed by atoms with Crippen LogP contribution in [0.1, 0.15) is 22.3 Å². The standard InChI is InChI=1S/C16H15NO4S3/c1-23-7-6-12(15(20)21)17-14(19)13(24-16(17)22)8-10-2-4-11(9-18)5-3-10/h2-5,8-9,12H,6-7H2,1H3,(H,20,21)/b13-8-/t12-/m0/s1.